The van der Waals surface area contributed by atoms with Crippen molar-refractivity contribution < 1.29 is 24.1 Å². The molecule has 6 rings (SSSR count). The molecule has 0 aromatic heterocycles. The zero-order valence-electron chi connectivity index (χ0n) is 21.4. The van der Waals surface area contributed by atoms with E-state index in [1.807, 2.05) is 0 Å². The number of hydrogen-bond donors (Lipinski definition) is 1. The van der Waals surface area contributed by atoms with Crippen LogP contribution >= 0.6 is 0 Å². The first-order valence-electron chi connectivity index (χ1n) is 14.8. The van der Waals surface area contributed by atoms with Gasteiger partial charge in [-0.25, -0.2) is 0 Å². The third kappa shape index (κ3) is 4.20. The summed E-state index contributed by atoms with van der Waals surface area (Å²) in [4.78, 5) is 0. The predicted molar refractivity (Wildman–Crippen MR) is 130 cm³/mol. The van der Waals surface area contributed by atoms with E-state index < -0.39 is 0 Å². The van der Waals surface area contributed by atoms with Gasteiger partial charge in [0.2, 0.25) is 0 Å². The van der Waals surface area contributed by atoms with Crippen LogP contribution in [0.2, 0.25) is 0 Å². The molecule has 0 bridgehead atoms. The van der Waals surface area contributed by atoms with E-state index in [1.54, 1.807) is 0 Å². The lowest BCUT2D eigenvalue weighted by Crippen LogP contribution is -2.57. The van der Waals surface area contributed by atoms with Crippen molar-refractivity contribution in [1.82, 2.24) is 0 Å². The lowest BCUT2D eigenvalue weighted by atomic mass is 9.44. The highest BCUT2D eigenvalue weighted by molar-refractivity contribution is 5.11. The lowest BCUT2D eigenvalue weighted by Gasteiger charge is -2.61. The Morgan fingerprint density at radius 1 is 0.765 bits per heavy atom. The van der Waals surface area contributed by atoms with Crippen LogP contribution in [0.15, 0.2) is 0 Å². The summed E-state index contributed by atoms with van der Waals surface area (Å²) in [5.41, 5.74) is 0.396. The molecule has 2 heterocycles. The van der Waals surface area contributed by atoms with E-state index in [2.05, 4.69) is 6.92 Å². The normalized spacial score (nSPS) is 51.4. The smallest absolute Gasteiger partial charge is 0.157 e. The molecule has 0 aromatic rings. The number of rotatable bonds is 5. The molecular weight excluding hydrogens is 428 g/mol. The van der Waals surface area contributed by atoms with E-state index in [1.165, 1.54) is 64.2 Å². The van der Waals surface area contributed by atoms with Gasteiger partial charge in [-0.15, -0.1) is 0 Å². The number of hydrogen-bond acceptors (Lipinski definition) is 5. The predicted octanol–water partition coefficient (Wildman–Crippen LogP) is 5.83. The molecule has 4 aliphatic carbocycles. The molecule has 2 saturated heterocycles. The Labute approximate surface area is 206 Å². The molecule has 2 aliphatic heterocycles. The van der Waals surface area contributed by atoms with E-state index in [4.69, 9.17) is 18.9 Å². The summed E-state index contributed by atoms with van der Waals surface area (Å²) in [6.45, 7) is 4.61. The van der Waals surface area contributed by atoms with Crippen molar-refractivity contribution in [3.8, 4) is 0 Å². The Balaban J connectivity index is 1.13. The van der Waals surface area contributed by atoms with E-state index in [9.17, 15) is 5.11 Å². The molecule has 0 spiro atoms. The van der Waals surface area contributed by atoms with Crippen LogP contribution in [-0.4, -0.2) is 49.7 Å². The summed E-state index contributed by atoms with van der Waals surface area (Å²) in [7, 11) is 0. The minimum atomic E-state index is 0.00988. The molecule has 194 valence electrons. The van der Waals surface area contributed by atoms with E-state index >= 15 is 0 Å². The number of aliphatic hydroxyl groups is 1. The Morgan fingerprint density at radius 2 is 1.53 bits per heavy atom. The summed E-state index contributed by atoms with van der Waals surface area (Å²) < 4.78 is 24.9. The second kappa shape index (κ2) is 9.93. The number of aliphatic hydroxyl groups excluding tert-OH is 1. The van der Waals surface area contributed by atoms with Crippen LogP contribution in [0.4, 0.5) is 0 Å². The summed E-state index contributed by atoms with van der Waals surface area (Å²) in [6.07, 6.45) is 18.6. The lowest BCUT2D eigenvalue weighted by molar-refractivity contribution is -0.229. The average molecular weight is 477 g/mol. The van der Waals surface area contributed by atoms with Crippen molar-refractivity contribution in [3.05, 3.63) is 0 Å². The first-order valence-corrected chi connectivity index (χ1v) is 14.8. The molecule has 6 aliphatic rings. The minimum absolute atomic E-state index is 0.00988. The fraction of sp³-hybridized carbons (Fsp3) is 1.00. The molecule has 2 unspecified atom stereocenters. The van der Waals surface area contributed by atoms with Crippen molar-refractivity contribution in [3.63, 3.8) is 0 Å². The van der Waals surface area contributed by atoms with Crippen molar-refractivity contribution >= 4 is 0 Å². The zero-order valence-corrected chi connectivity index (χ0v) is 21.4. The second-order valence-corrected chi connectivity index (χ2v) is 12.9. The maximum absolute atomic E-state index is 10.9. The Hall–Kier alpha value is -0.200. The molecule has 0 amide bonds. The van der Waals surface area contributed by atoms with Gasteiger partial charge < -0.3 is 24.1 Å². The third-order valence-electron chi connectivity index (χ3n) is 11.5. The first-order chi connectivity index (χ1) is 16.6. The second-order valence-electron chi connectivity index (χ2n) is 12.9. The molecular formula is C29H48O5. The molecule has 0 radical (unpaired) electrons. The summed E-state index contributed by atoms with van der Waals surface area (Å²) in [5.74, 6) is 2.77. The van der Waals surface area contributed by atoms with Gasteiger partial charge in [-0.3, -0.25) is 0 Å². The van der Waals surface area contributed by atoms with Crippen molar-refractivity contribution in [2.45, 2.75) is 128 Å². The van der Waals surface area contributed by atoms with E-state index in [0.717, 1.165) is 57.2 Å². The molecule has 6 fully saturated rings. The number of ether oxygens (including phenoxy) is 4. The van der Waals surface area contributed by atoms with Gasteiger partial charge in [0, 0.05) is 19.8 Å². The maximum atomic E-state index is 10.9. The highest BCUT2D eigenvalue weighted by Crippen LogP contribution is 2.66. The molecule has 5 nitrogen and oxygen atoms in total. The van der Waals surface area contributed by atoms with Gasteiger partial charge in [0.25, 0.3) is 0 Å². The van der Waals surface area contributed by atoms with Gasteiger partial charge in [0.15, 0.2) is 12.6 Å². The Kier molecular flexibility index (Phi) is 7.05. The standard InChI is InChI=1S/C29H48O5/c1-28-14-13-24-22(23(28)10-11-25(28)34-27-7-3-5-17-32-27)9-8-20-18-21(12-15-29(20,24)19-30)33-26-6-2-4-16-31-26/h20-27,30H,2-19H2,1H3/t20-,21-,22-,23-,24-,25-,26?,27?,28-,29+/m0/s1. The molecule has 10 atom stereocenters. The summed E-state index contributed by atoms with van der Waals surface area (Å²) >= 11 is 0. The van der Waals surface area contributed by atoms with Crippen LogP contribution in [0.25, 0.3) is 0 Å². The number of fused-ring (bicyclic) bond motifs is 5. The van der Waals surface area contributed by atoms with Gasteiger partial charge >= 0.3 is 0 Å². The van der Waals surface area contributed by atoms with Crippen LogP contribution in [-0.2, 0) is 18.9 Å². The van der Waals surface area contributed by atoms with Crippen molar-refractivity contribution in [2.75, 3.05) is 19.8 Å². The molecule has 4 saturated carbocycles. The maximum Gasteiger partial charge on any atom is 0.157 e. The fourth-order valence-electron chi connectivity index (χ4n) is 9.65. The minimum Gasteiger partial charge on any atom is -0.396 e. The van der Waals surface area contributed by atoms with Crippen LogP contribution in [0.1, 0.15) is 103 Å². The highest BCUT2D eigenvalue weighted by Gasteiger charge is 2.62. The molecule has 5 heteroatoms. The van der Waals surface area contributed by atoms with Gasteiger partial charge in [0.1, 0.15) is 0 Å². The highest BCUT2D eigenvalue weighted by atomic mass is 16.7. The van der Waals surface area contributed by atoms with E-state index in [0.29, 0.717) is 30.7 Å². The van der Waals surface area contributed by atoms with Crippen LogP contribution in [0.3, 0.4) is 0 Å². The molecule has 34 heavy (non-hydrogen) atoms. The third-order valence-corrected chi connectivity index (χ3v) is 11.5. The van der Waals surface area contributed by atoms with Crippen molar-refractivity contribution in [2.24, 2.45) is 34.5 Å². The zero-order chi connectivity index (χ0) is 23.2. The van der Waals surface area contributed by atoms with Crippen LogP contribution in [0.5, 0.6) is 0 Å². The Bertz CT molecular complexity index is 688. The van der Waals surface area contributed by atoms with Gasteiger partial charge in [-0.2, -0.15) is 0 Å². The van der Waals surface area contributed by atoms with Crippen LogP contribution in [0, 0.1) is 34.5 Å². The van der Waals surface area contributed by atoms with Gasteiger partial charge in [-0.1, -0.05) is 6.92 Å². The summed E-state index contributed by atoms with van der Waals surface area (Å²) in [6, 6.07) is 0. The largest absolute Gasteiger partial charge is 0.396 e. The monoisotopic (exact) mass is 476 g/mol. The first kappa shape index (κ1) is 24.2. The van der Waals surface area contributed by atoms with E-state index in [-0.39, 0.29) is 23.4 Å². The van der Waals surface area contributed by atoms with Gasteiger partial charge in [0.05, 0.1) is 12.2 Å². The average Bonchev–Trinajstić information content (AvgIpc) is 3.21. The van der Waals surface area contributed by atoms with Crippen molar-refractivity contribution in [1.29, 1.82) is 0 Å². The molecule has 1 N–H and O–H groups in total. The quantitative estimate of drug-likeness (QED) is 0.506. The van der Waals surface area contributed by atoms with Gasteiger partial charge in [-0.05, 0) is 131 Å². The molecule has 0 aromatic carbocycles. The fourth-order valence-corrected chi connectivity index (χ4v) is 9.65. The topological polar surface area (TPSA) is 57.2 Å². The summed E-state index contributed by atoms with van der Waals surface area (Å²) in [5, 5.41) is 10.9. The SMILES string of the molecule is C[C@]12CC[C@H]3[C@@H](CC[C@H]4C[C@@H](OC5CCCCO5)CC[C@@]43CO)[C@@H]1CC[C@@H]2OC1CCCCO1. The van der Waals surface area contributed by atoms with Crippen LogP contribution < -0.4 is 0 Å². The Morgan fingerprint density at radius 3 is 2.24 bits per heavy atom.